The third-order valence-corrected chi connectivity index (χ3v) is 3.66. The molecule has 28 heavy (non-hydrogen) atoms. The van der Waals surface area contributed by atoms with Gasteiger partial charge in [0.15, 0.2) is 0 Å². The van der Waals surface area contributed by atoms with E-state index in [0.29, 0.717) is 23.5 Å². The van der Waals surface area contributed by atoms with Gasteiger partial charge in [0.05, 0.1) is 6.61 Å². The molecule has 0 fully saturated rings. The van der Waals surface area contributed by atoms with Crippen LogP contribution in [0.5, 0.6) is 5.75 Å². The Hall–Kier alpha value is -3.61. The predicted molar refractivity (Wildman–Crippen MR) is 102 cm³/mol. The zero-order chi connectivity index (χ0) is 20.4. The summed E-state index contributed by atoms with van der Waals surface area (Å²) >= 11 is 0. The van der Waals surface area contributed by atoms with Crippen molar-refractivity contribution in [1.29, 1.82) is 0 Å². The van der Waals surface area contributed by atoms with Crippen LogP contribution >= 0.6 is 0 Å². The monoisotopic (exact) mass is 381 g/mol. The van der Waals surface area contributed by atoms with Crippen LogP contribution in [0, 0.1) is 0 Å². The standard InChI is InChI=1S/C21H22N2O5/c1-2-28-18-11-7-6-10-16(18)14-17(21(27)22-13-12-19(24)25)23-20(26)15-8-4-3-5-9-15/h3-11,14H,2,12-13H2,1H3,(H,22,27)(H,23,26)(H,24,25)/p-1/b17-14-. The first-order valence-corrected chi connectivity index (χ1v) is 8.79. The predicted octanol–water partition coefficient (Wildman–Crippen LogP) is 1.11. The number of amides is 2. The molecular weight excluding hydrogens is 360 g/mol. The Morgan fingerprint density at radius 2 is 1.71 bits per heavy atom. The summed E-state index contributed by atoms with van der Waals surface area (Å²) in [5.41, 5.74) is 0.955. The maximum Gasteiger partial charge on any atom is 0.267 e. The van der Waals surface area contributed by atoms with Crippen LogP contribution in [-0.2, 0) is 9.59 Å². The third-order valence-electron chi connectivity index (χ3n) is 3.66. The van der Waals surface area contributed by atoms with Crippen molar-refractivity contribution in [3.8, 4) is 5.75 Å². The van der Waals surface area contributed by atoms with Gasteiger partial charge in [0.2, 0.25) is 0 Å². The number of benzene rings is 2. The van der Waals surface area contributed by atoms with E-state index < -0.39 is 17.8 Å². The molecule has 0 spiro atoms. The van der Waals surface area contributed by atoms with Gasteiger partial charge in [-0.25, -0.2) is 0 Å². The van der Waals surface area contributed by atoms with Crippen molar-refractivity contribution in [2.75, 3.05) is 13.2 Å². The summed E-state index contributed by atoms with van der Waals surface area (Å²) in [6.45, 7) is 2.16. The molecule has 0 saturated heterocycles. The number of hydrogen-bond acceptors (Lipinski definition) is 5. The smallest absolute Gasteiger partial charge is 0.267 e. The Morgan fingerprint density at radius 3 is 2.39 bits per heavy atom. The van der Waals surface area contributed by atoms with Gasteiger partial charge >= 0.3 is 0 Å². The van der Waals surface area contributed by atoms with Crippen LogP contribution < -0.4 is 20.5 Å². The SMILES string of the molecule is CCOc1ccccc1/C=C(\NC(=O)c1ccccc1)C(=O)NCCC(=O)[O-]. The Balaban J connectivity index is 2.29. The molecule has 2 aromatic rings. The fraction of sp³-hybridized carbons (Fsp3) is 0.190. The molecule has 0 radical (unpaired) electrons. The molecule has 0 aromatic heterocycles. The van der Waals surface area contributed by atoms with Crippen molar-refractivity contribution >= 4 is 23.9 Å². The van der Waals surface area contributed by atoms with Gasteiger partial charge in [-0.15, -0.1) is 0 Å². The number of hydrogen-bond donors (Lipinski definition) is 2. The normalized spacial score (nSPS) is 10.8. The highest BCUT2D eigenvalue weighted by Gasteiger charge is 2.15. The molecular formula is C21H21N2O5-. The number of rotatable bonds is 9. The first kappa shape index (κ1) is 20.7. The molecule has 2 N–H and O–H groups in total. The molecule has 7 heteroatoms. The van der Waals surface area contributed by atoms with Crippen LogP contribution in [0.4, 0.5) is 0 Å². The number of para-hydroxylation sites is 1. The maximum atomic E-state index is 12.5. The second-order valence-corrected chi connectivity index (χ2v) is 5.73. The van der Waals surface area contributed by atoms with Gasteiger partial charge in [-0.3, -0.25) is 9.59 Å². The van der Waals surface area contributed by atoms with E-state index in [1.54, 1.807) is 54.6 Å². The van der Waals surface area contributed by atoms with E-state index in [0.717, 1.165) is 0 Å². The molecule has 0 bridgehead atoms. The average Bonchev–Trinajstić information content (AvgIpc) is 2.69. The second kappa shape index (κ2) is 10.5. The summed E-state index contributed by atoms with van der Waals surface area (Å²) in [5, 5.41) is 15.6. The molecule has 2 rings (SSSR count). The minimum Gasteiger partial charge on any atom is -0.550 e. The van der Waals surface area contributed by atoms with Crippen molar-refractivity contribution in [2.24, 2.45) is 0 Å². The first-order valence-electron chi connectivity index (χ1n) is 8.79. The molecule has 0 aliphatic carbocycles. The molecule has 0 aliphatic heterocycles. The first-order chi connectivity index (χ1) is 13.5. The van der Waals surface area contributed by atoms with E-state index in [2.05, 4.69) is 10.6 Å². The minimum absolute atomic E-state index is 0.0284. The van der Waals surface area contributed by atoms with Gasteiger partial charge < -0.3 is 25.3 Å². The van der Waals surface area contributed by atoms with Crippen LogP contribution in [0.3, 0.4) is 0 Å². The van der Waals surface area contributed by atoms with Crippen LogP contribution in [0.2, 0.25) is 0 Å². The van der Waals surface area contributed by atoms with Gasteiger partial charge in [-0.05, 0) is 31.2 Å². The second-order valence-electron chi connectivity index (χ2n) is 5.73. The Labute approximate surface area is 163 Å². The molecule has 2 aromatic carbocycles. The number of carbonyl (C=O) groups is 3. The fourth-order valence-corrected chi connectivity index (χ4v) is 2.36. The van der Waals surface area contributed by atoms with Crippen molar-refractivity contribution in [3.05, 3.63) is 71.4 Å². The van der Waals surface area contributed by atoms with Gasteiger partial charge in [-0.1, -0.05) is 36.4 Å². The number of carboxylic acids is 1. The van der Waals surface area contributed by atoms with E-state index in [4.69, 9.17) is 4.74 Å². The van der Waals surface area contributed by atoms with Crippen molar-refractivity contribution < 1.29 is 24.2 Å². The Morgan fingerprint density at radius 1 is 1.04 bits per heavy atom. The quantitative estimate of drug-likeness (QED) is 0.633. The van der Waals surface area contributed by atoms with Crippen molar-refractivity contribution in [1.82, 2.24) is 10.6 Å². The zero-order valence-corrected chi connectivity index (χ0v) is 15.4. The number of ether oxygens (including phenoxy) is 1. The summed E-state index contributed by atoms with van der Waals surface area (Å²) in [4.78, 5) is 35.5. The molecule has 0 atom stereocenters. The van der Waals surface area contributed by atoms with E-state index >= 15 is 0 Å². The number of carbonyl (C=O) groups excluding carboxylic acids is 3. The Kier molecular flexibility index (Phi) is 7.77. The average molecular weight is 381 g/mol. The van der Waals surface area contributed by atoms with E-state index in [1.807, 2.05) is 6.92 Å². The highest BCUT2D eigenvalue weighted by atomic mass is 16.5. The lowest BCUT2D eigenvalue weighted by Crippen LogP contribution is -2.37. The van der Waals surface area contributed by atoms with Crippen molar-refractivity contribution in [3.63, 3.8) is 0 Å². The molecule has 7 nitrogen and oxygen atoms in total. The topological polar surface area (TPSA) is 108 Å². The zero-order valence-electron chi connectivity index (χ0n) is 15.4. The highest BCUT2D eigenvalue weighted by Crippen LogP contribution is 2.20. The largest absolute Gasteiger partial charge is 0.550 e. The lowest BCUT2D eigenvalue weighted by atomic mass is 10.1. The number of nitrogens with one attached hydrogen (secondary N) is 2. The highest BCUT2D eigenvalue weighted by molar-refractivity contribution is 6.05. The van der Waals surface area contributed by atoms with Gasteiger partial charge in [0.25, 0.3) is 11.8 Å². The molecule has 0 unspecified atom stereocenters. The lowest BCUT2D eigenvalue weighted by Gasteiger charge is -2.13. The molecule has 0 saturated carbocycles. The molecule has 0 heterocycles. The number of aliphatic carboxylic acids is 1. The minimum atomic E-state index is -1.28. The summed E-state index contributed by atoms with van der Waals surface area (Å²) in [7, 11) is 0. The molecule has 2 amide bonds. The molecule has 146 valence electrons. The molecule has 0 aliphatic rings. The third kappa shape index (κ3) is 6.28. The fourth-order valence-electron chi connectivity index (χ4n) is 2.36. The van der Waals surface area contributed by atoms with Crippen LogP contribution in [-0.4, -0.2) is 30.9 Å². The number of carboxylic acid groups (broad SMARTS) is 1. The lowest BCUT2D eigenvalue weighted by molar-refractivity contribution is -0.305. The van der Waals surface area contributed by atoms with E-state index in [9.17, 15) is 19.5 Å². The van der Waals surface area contributed by atoms with Crippen LogP contribution in [0.15, 0.2) is 60.3 Å². The summed E-state index contributed by atoms with van der Waals surface area (Å²) in [6.07, 6.45) is 1.15. The summed E-state index contributed by atoms with van der Waals surface area (Å²) in [5.74, 6) is -1.80. The van der Waals surface area contributed by atoms with E-state index in [-0.39, 0.29) is 18.7 Å². The summed E-state index contributed by atoms with van der Waals surface area (Å²) < 4.78 is 5.54. The maximum absolute atomic E-state index is 12.5. The van der Waals surface area contributed by atoms with E-state index in [1.165, 1.54) is 6.08 Å². The van der Waals surface area contributed by atoms with Crippen molar-refractivity contribution in [2.45, 2.75) is 13.3 Å². The summed E-state index contributed by atoms with van der Waals surface area (Å²) in [6, 6.07) is 15.5. The van der Waals surface area contributed by atoms with Gasteiger partial charge in [0, 0.05) is 30.1 Å². The van der Waals surface area contributed by atoms with Crippen LogP contribution in [0.25, 0.3) is 6.08 Å². The Bertz CT molecular complexity index is 862. The van der Waals surface area contributed by atoms with Gasteiger partial charge in [0.1, 0.15) is 11.4 Å². The van der Waals surface area contributed by atoms with Gasteiger partial charge in [-0.2, -0.15) is 0 Å². The van der Waals surface area contributed by atoms with Crippen LogP contribution in [0.1, 0.15) is 29.3 Å².